The summed E-state index contributed by atoms with van der Waals surface area (Å²) in [6, 6.07) is 0. The second-order valence-electron chi connectivity index (χ2n) is 2.78. The van der Waals surface area contributed by atoms with Crippen LogP contribution in [0.3, 0.4) is 0 Å². The Bertz CT molecular complexity index is 138. The number of nitrogens with zero attached hydrogens (tertiary/aromatic N) is 1. The average Bonchev–Trinajstić information content (AvgIpc) is 2.13. The summed E-state index contributed by atoms with van der Waals surface area (Å²) in [5.41, 5.74) is 0. The first-order valence-corrected chi connectivity index (χ1v) is 4.42. The predicted octanol–water partition coefficient (Wildman–Crippen LogP) is 0.970. The molecule has 58 valence electrons. The molecular weight excluding hydrogens is 146 g/mol. The van der Waals surface area contributed by atoms with Crippen LogP contribution in [0.4, 0.5) is 0 Å². The van der Waals surface area contributed by atoms with Crippen molar-refractivity contribution in [3.05, 3.63) is 0 Å². The molecule has 1 heterocycles. The highest BCUT2D eigenvalue weighted by Crippen LogP contribution is 2.21. The topological polar surface area (TPSA) is 20.3 Å². The summed E-state index contributed by atoms with van der Waals surface area (Å²) in [6.45, 7) is 3.86. The minimum absolute atomic E-state index is 0.250. The Morgan fingerprint density at radius 1 is 1.70 bits per heavy atom. The third-order valence-electron chi connectivity index (χ3n) is 1.68. The molecule has 0 spiro atoms. The Morgan fingerprint density at radius 2 is 2.40 bits per heavy atom. The smallest absolute Gasteiger partial charge is 0.186 e. The average molecular weight is 159 g/mol. The van der Waals surface area contributed by atoms with E-state index in [1.807, 2.05) is 0 Å². The maximum absolute atomic E-state index is 10.7. The van der Waals surface area contributed by atoms with E-state index in [0.717, 1.165) is 13.1 Å². The molecule has 1 aliphatic heterocycles. The summed E-state index contributed by atoms with van der Waals surface area (Å²) in [6.07, 6.45) is 1.17. The lowest BCUT2D eigenvalue weighted by atomic mass is 10.4. The summed E-state index contributed by atoms with van der Waals surface area (Å²) >= 11 is 1.49. The number of rotatable bonds is 1. The largest absolute Gasteiger partial charge is 0.305 e. The molecule has 0 aliphatic carbocycles. The number of hydrogen-bond donors (Lipinski definition) is 0. The van der Waals surface area contributed by atoms with E-state index in [9.17, 15) is 4.79 Å². The first kappa shape index (κ1) is 8.08. The molecule has 0 bridgehead atoms. The summed E-state index contributed by atoms with van der Waals surface area (Å²) in [7, 11) is 2.10. The second kappa shape index (κ2) is 3.39. The molecule has 2 nitrogen and oxygen atoms in total. The third kappa shape index (κ3) is 2.31. The van der Waals surface area contributed by atoms with Crippen molar-refractivity contribution >= 4 is 16.9 Å². The number of carbonyl (C=O) groups is 1. The quantitative estimate of drug-likeness (QED) is 0.568. The number of thioether (sulfide) groups is 1. The number of carbonyl (C=O) groups excluding carboxylic acids is 1. The molecule has 0 aromatic carbocycles. The van der Waals surface area contributed by atoms with Gasteiger partial charge in [0.2, 0.25) is 0 Å². The van der Waals surface area contributed by atoms with Crippen molar-refractivity contribution in [3.8, 4) is 0 Å². The standard InChI is InChI=1S/C7H13NOS/c1-6(9)10-7-3-4-8(2)5-7/h7H,3-5H2,1-2H3/t7-/m0/s1. The highest BCUT2D eigenvalue weighted by atomic mass is 32.2. The van der Waals surface area contributed by atoms with Gasteiger partial charge in [-0.25, -0.2) is 0 Å². The maximum Gasteiger partial charge on any atom is 0.186 e. The molecule has 0 N–H and O–H groups in total. The highest BCUT2D eigenvalue weighted by Gasteiger charge is 2.20. The molecule has 0 amide bonds. The molecule has 10 heavy (non-hydrogen) atoms. The number of hydrogen-bond acceptors (Lipinski definition) is 3. The van der Waals surface area contributed by atoms with E-state index in [0.29, 0.717) is 5.25 Å². The van der Waals surface area contributed by atoms with Crippen LogP contribution in [-0.2, 0) is 4.79 Å². The van der Waals surface area contributed by atoms with Crippen molar-refractivity contribution in [1.82, 2.24) is 4.90 Å². The van der Waals surface area contributed by atoms with Crippen LogP contribution in [0.1, 0.15) is 13.3 Å². The van der Waals surface area contributed by atoms with Gasteiger partial charge in [-0.3, -0.25) is 4.79 Å². The zero-order valence-corrected chi connectivity index (χ0v) is 7.28. The van der Waals surface area contributed by atoms with E-state index in [-0.39, 0.29) is 5.12 Å². The van der Waals surface area contributed by atoms with E-state index < -0.39 is 0 Å². The van der Waals surface area contributed by atoms with E-state index >= 15 is 0 Å². The van der Waals surface area contributed by atoms with Gasteiger partial charge >= 0.3 is 0 Å². The molecule has 1 fully saturated rings. The zero-order valence-electron chi connectivity index (χ0n) is 6.46. The summed E-state index contributed by atoms with van der Waals surface area (Å²) in [5, 5.41) is 0.808. The first-order chi connectivity index (χ1) is 4.68. The minimum Gasteiger partial charge on any atom is -0.305 e. The van der Waals surface area contributed by atoms with Crippen molar-refractivity contribution in [2.45, 2.75) is 18.6 Å². The lowest BCUT2D eigenvalue weighted by Crippen LogP contribution is -2.15. The van der Waals surface area contributed by atoms with Crippen molar-refractivity contribution in [1.29, 1.82) is 0 Å². The molecule has 3 heteroatoms. The van der Waals surface area contributed by atoms with Gasteiger partial charge in [0.25, 0.3) is 0 Å². The van der Waals surface area contributed by atoms with Crippen LogP contribution in [0.25, 0.3) is 0 Å². The van der Waals surface area contributed by atoms with E-state index in [2.05, 4.69) is 11.9 Å². The Balaban J connectivity index is 2.24. The van der Waals surface area contributed by atoms with Crippen LogP contribution >= 0.6 is 11.8 Å². The first-order valence-electron chi connectivity index (χ1n) is 3.54. The van der Waals surface area contributed by atoms with Gasteiger partial charge in [-0.05, 0) is 20.0 Å². The Morgan fingerprint density at radius 3 is 2.80 bits per heavy atom. The highest BCUT2D eigenvalue weighted by molar-refractivity contribution is 8.14. The molecular formula is C7H13NOS. The fourth-order valence-corrected chi connectivity index (χ4v) is 2.25. The summed E-state index contributed by atoms with van der Waals surface area (Å²) in [4.78, 5) is 12.9. The van der Waals surface area contributed by atoms with E-state index in [1.165, 1.54) is 18.2 Å². The van der Waals surface area contributed by atoms with Crippen molar-refractivity contribution < 1.29 is 4.79 Å². The van der Waals surface area contributed by atoms with Crippen LogP contribution in [0, 0.1) is 0 Å². The van der Waals surface area contributed by atoms with Gasteiger partial charge in [0.1, 0.15) is 0 Å². The van der Waals surface area contributed by atoms with Gasteiger partial charge in [0.15, 0.2) is 5.12 Å². The van der Waals surface area contributed by atoms with Gasteiger partial charge in [0, 0.05) is 18.7 Å². The fourth-order valence-electron chi connectivity index (χ4n) is 1.23. The Labute approximate surface area is 66.0 Å². The SMILES string of the molecule is CC(=O)S[C@H]1CCN(C)C1. The molecule has 1 rings (SSSR count). The zero-order chi connectivity index (χ0) is 7.56. The molecule has 0 aromatic heterocycles. The maximum atomic E-state index is 10.7. The van der Waals surface area contributed by atoms with Crippen molar-refractivity contribution in [2.24, 2.45) is 0 Å². The molecule has 1 saturated heterocycles. The Kier molecular flexibility index (Phi) is 2.74. The van der Waals surface area contributed by atoms with Crippen molar-refractivity contribution in [3.63, 3.8) is 0 Å². The van der Waals surface area contributed by atoms with Crippen LogP contribution in [0.5, 0.6) is 0 Å². The summed E-state index contributed by atoms with van der Waals surface area (Å²) in [5.74, 6) is 0. The van der Waals surface area contributed by atoms with Crippen LogP contribution in [-0.4, -0.2) is 35.4 Å². The molecule has 1 aliphatic rings. The lowest BCUT2D eigenvalue weighted by molar-refractivity contribution is -0.109. The molecule has 0 unspecified atom stereocenters. The normalized spacial score (nSPS) is 27.2. The van der Waals surface area contributed by atoms with Crippen LogP contribution < -0.4 is 0 Å². The van der Waals surface area contributed by atoms with Gasteiger partial charge in [-0.15, -0.1) is 0 Å². The van der Waals surface area contributed by atoms with E-state index in [4.69, 9.17) is 0 Å². The molecule has 0 aromatic rings. The third-order valence-corrected chi connectivity index (χ3v) is 2.73. The van der Waals surface area contributed by atoms with Crippen LogP contribution in [0.2, 0.25) is 0 Å². The lowest BCUT2D eigenvalue weighted by Gasteiger charge is -2.06. The van der Waals surface area contributed by atoms with Crippen molar-refractivity contribution in [2.75, 3.05) is 20.1 Å². The molecule has 0 radical (unpaired) electrons. The second-order valence-corrected chi connectivity index (χ2v) is 4.26. The van der Waals surface area contributed by atoms with Gasteiger partial charge in [-0.2, -0.15) is 0 Å². The number of likely N-dealkylation sites (tertiary alicyclic amines) is 1. The van der Waals surface area contributed by atoms with Crippen LogP contribution in [0.15, 0.2) is 0 Å². The van der Waals surface area contributed by atoms with Gasteiger partial charge in [0.05, 0.1) is 0 Å². The molecule has 1 atom stereocenters. The fraction of sp³-hybridized carbons (Fsp3) is 0.857. The minimum atomic E-state index is 0.250. The monoisotopic (exact) mass is 159 g/mol. The molecule has 0 saturated carbocycles. The summed E-state index contributed by atoms with van der Waals surface area (Å²) < 4.78 is 0. The van der Waals surface area contributed by atoms with Gasteiger partial charge in [-0.1, -0.05) is 11.8 Å². The van der Waals surface area contributed by atoms with Gasteiger partial charge < -0.3 is 4.90 Å². The van der Waals surface area contributed by atoms with E-state index in [1.54, 1.807) is 6.92 Å². The Hall–Kier alpha value is -0.0200. The predicted molar refractivity (Wildman–Crippen MR) is 44.2 cm³/mol.